The summed E-state index contributed by atoms with van der Waals surface area (Å²) in [6.45, 7) is 2.95. The van der Waals surface area contributed by atoms with E-state index in [1.165, 1.54) is 6.61 Å². The molecule has 1 heterocycles. The van der Waals surface area contributed by atoms with E-state index < -0.39 is 12.2 Å². The van der Waals surface area contributed by atoms with E-state index in [2.05, 4.69) is 0 Å². The third kappa shape index (κ3) is 2.24. The van der Waals surface area contributed by atoms with Gasteiger partial charge in [0.25, 0.3) is 0 Å². The van der Waals surface area contributed by atoms with E-state index in [-0.39, 0.29) is 38.8 Å². The molecule has 51 valence electrons. The molecule has 0 aromatic rings. The zero-order chi connectivity index (χ0) is 6.15. The fourth-order valence-corrected chi connectivity index (χ4v) is 0.643. The van der Waals surface area contributed by atoms with Crippen LogP contribution in [0.25, 0.3) is 0 Å². The molecule has 3 unspecified atom stereocenters. The molecule has 1 aliphatic heterocycles. The van der Waals surface area contributed by atoms with E-state index >= 15 is 0 Å². The maximum absolute atomic E-state index is 8.86. The van der Waals surface area contributed by atoms with E-state index in [9.17, 15) is 0 Å². The van der Waals surface area contributed by atoms with Crippen LogP contribution in [0.5, 0.6) is 0 Å². The first-order valence-electron chi connectivity index (χ1n) is 2.57. The fourth-order valence-electron chi connectivity index (χ4n) is 0.643. The first-order chi connectivity index (χ1) is 3.72. The van der Waals surface area contributed by atoms with Gasteiger partial charge in [-0.1, -0.05) is 0 Å². The van der Waals surface area contributed by atoms with Crippen LogP contribution in [0.4, 0.5) is 0 Å². The summed E-state index contributed by atoms with van der Waals surface area (Å²) in [4.78, 5) is 0. The second-order valence-corrected chi connectivity index (χ2v) is 1.96. The van der Waals surface area contributed by atoms with Gasteiger partial charge in [-0.2, -0.15) is 6.61 Å². The molecule has 3 nitrogen and oxygen atoms in total. The zero-order valence-corrected chi connectivity index (χ0v) is 8.03. The van der Waals surface area contributed by atoms with Gasteiger partial charge in [0.05, 0.1) is 6.10 Å². The summed E-state index contributed by atoms with van der Waals surface area (Å²) in [6.07, 6.45) is -1.80. The minimum absolute atomic E-state index is 0. The van der Waals surface area contributed by atoms with E-state index in [1.54, 1.807) is 6.92 Å². The maximum atomic E-state index is 8.86. The van der Waals surface area contributed by atoms with E-state index in [0.717, 1.165) is 0 Å². The Balaban J connectivity index is 0.000000640. The summed E-state index contributed by atoms with van der Waals surface area (Å²) < 4.78 is 4.75. The van der Waals surface area contributed by atoms with Crippen molar-refractivity contribution in [2.75, 3.05) is 0 Å². The van der Waals surface area contributed by atoms with Gasteiger partial charge in [0.2, 0.25) is 0 Å². The van der Waals surface area contributed by atoms with Crippen molar-refractivity contribution in [1.29, 1.82) is 0 Å². The van der Waals surface area contributed by atoms with Crippen molar-refractivity contribution in [2.45, 2.75) is 25.2 Å². The molecule has 1 rings (SSSR count). The SMILES string of the molecule is CC1O[CH-]C(O)C1O.[Y]. The molecule has 2 N–H and O–H groups in total. The van der Waals surface area contributed by atoms with E-state index in [0.29, 0.717) is 0 Å². The van der Waals surface area contributed by atoms with Gasteiger partial charge >= 0.3 is 0 Å². The Hall–Kier alpha value is 0.984. The summed E-state index contributed by atoms with van der Waals surface area (Å²) >= 11 is 0. The van der Waals surface area contributed by atoms with Gasteiger partial charge in [-0.15, -0.1) is 0 Å². The Kier molecular flexibility index (Phi) is 4.42. The largest absolute Gasteiger partial charge is 0.546 e. The summed E-state index contributed by atoms with van der Waals surface area (Å²) in [7, 11) is 0. The number of hydrogen-bond acceptors (Lipinski definition) is 3. The van der Waals surface area contributed by atoms with Crippen LogP contribution < -0.4 is 0 Å². The minimum atomic E-state index is -0.801. The molecule has 0 spiro atoms. The van der Waals surface area contributed by atoms with Crippen LogP contribution in [0.15, 0.2) is 0 Å². The van der Waals surface area contributed by atoms with E-state index in [1.807, 2.05) is 0 Å². The monoisotopic (exact) mass is 206 g/mol. The molecule has 1 radical (unpaired) electrons. The molecule has 1 aliphatic rings. The zero-order valence-electron chi connectivity index (χ0n) is 5.19. The smallest absolute Gasteiger partial charge is 0.0768 e. The summed E-state index contributed by atoms with van der Waals surface area (Å²) in [5.74, 6) is 0. The number of hydrogen-bond donors (Lipinski definition) is 2. The molecule has 0 aliphatic carbocycles. The van der Waals surface area contributed by atoms with Crippen LogP contribution >= 0.6 is 0 Å². The molecule has 9 heavy (non-hydrogen) atoms. The second kappa shape index (κ2) is 3.99. The number of aliphatic hydroxyl groups excluding tert-OH is 2. The topological polar surface area (TPSA) is 49.7 Å². The van der Waals surface area contributed by atoms with Crippen LogP contribution in [0.1, 0.15) is 6.92 Å². The van der Waals surface area contributed by atoms with Crippen LogP contribution in [0.2, 0.25) is 0 Å². The Bertz CT molecular complexity index is 78.3. The van der Waals surface area contributed by atoms with Crippen LogP contribution in [0, 0.1) is 6.61 Å². The molecular formula is C5H9O3Y-. The number of aliphatic hydroxyl groups is 2. The summed E-state index contributed by atoms with van der Waals surface area (Å²) in [5, 5.41) is 17.6. The van der Waals surface area contributed by atoms with Gasteiger partial charge in [-0.3, -0.25) is 0 Å². The second-order valence-electron chi connectivity index (χ2n) is 1.96. The van der Waals surface area contributed by atoms with Gasteiger partial charge in [0.1, 0.15) is 0 Å². The molecule has 0 aromatic carbocycles. The van der Waals surface area contributed by atoms with Gasteiger partial charge in [0, 0.05) is 38.8 Å². The minimum Gasteiger partial charge on any atom is -0.546 e. The molecule has 0 amide bonds. The Morgan fingerprint density at radius 1 is 1.44 bits per heavy atom. The summed E-state index contributed by atoms with van der Waals surface area (Å²) in [6, 6.07) is 0. The molecule has 1 saturated heterocycles. The maximum Gasteiger partial charge on any atom is 0.0768 e. The first-order valence-corrected chi connectivity index (χ1v) is 2.57. The van der Waals surface area contributed by atoms with Crippen molar-refractivity contribution >= 4 is 0 Å². The van der Waals surface area contributed by atoms with Crippen LogP contribution in [0.3, 0.4) is 0 Å². The van der Waals surface area contributed by atoms with Crippen LogP contribution in [-0.4, -0.2) is 28.5 Å². The predicted molar refractivity (Wildman–Crippen MR) is 26.9 cm³/mol. The molecule has 1 fully saturated rings. The average Bonchev–Trinajstić information content (AvgIpc) is 1.98. The third-order valence-corrected chi connectivity index (χ3v) is 1.26. The Morgan fingerprint density at radius 2 is 2.00 bits per heavy atom. The molecule has 0 aromatic heterocycles. The van der Waals surface area contributed by atoms with Gasteiger partial charge < -0.3 is 14.9 Å². The van der Waals surface area contributed by atoms with Crippen molar-refractivity contribution in [2.24, 2.45) is 0 Å². The van der Waals surface area contributed by atoms with Crippen molar-refractivity contribution in [3.8, 4) is 0 Å². The van der Waals surface area contributed by atoms with Crippen molar-refractivity contribution in [1.82, 2.24) is 0 Å². The summed E-state index contributed by atoms with van der Waals surface area (Å²) in [5.41, 5.74) is 0. The van der Waals surface area contributed by atoms with Crippen molar-refractivity contribution in [3.05, 3.63) is 6.61 Å². The average molecular weight is 206 g/mol. The van der Waals surface area contributed by atoms with E-state index in [4.69, 9.17) is 14.9 Å². The molecule has 4 heteroatoms. The predicted octanol–water partition coefficient (Wildman–Crippen LogP) is -0.714. The van der Waals surface area contributed by atoms with Gasteiger partial charge in [0.15, 0.2) is 0 Å². The quantitative estimate of drug-likeness (QED) is 0.514. The van der Waals surface area contributed by atoms with Gasteiger partial charge in [-0.25, -0.2) is 0 Å². The standard InChI is InChI=1S/C5H9O3.Y/c1-3-5(7)4(6)2-8-3;/h2-7H,1H3;/q-1;. The molecule has 0 bridgehead atoms. The molecular weight excluding hydrogens is 197 g/mol. The van der Waals surface area contributed by atoms with Crippen LogP contribution in [-0.2, 0) is 37.4 Å². The Morgan fingerprint density at radius 3 is 2.11 bits per heavy atom. The molecule has 3 atom stereocenters. The fraction of sp³-hybridized carbons (Fsp3) is 0.800. The third-order valence-electron chi connectivity index (χ3n) is 1.26. The normalized spacial score (nSPS) is 42.3. The number of rotatable bonds is 0. The van der Waals surface area contributed by atoms with Gasteiger partial charge in [-0.05, 0) is 13.0 Å². The first kappa shape index (κ1) is 9.98. The van der Waals surface area contributed by atoms with Crippen molar-refractivity contribution < 1.29 is 47.7 Å². The number of ether oxygens (including phenoxy) is 1. The molecule has 0 saturated carbocycles. The van der Waals surface area contributed by atoms with Crippen molar-refractivity contribution in [3.63, 3.8) is 0 Å². The Labute approximate surface area is 79.3 Å².